The summed E-state index contributed by atoms with van der Waals surface area (Å²) in [6, 6.07) is 1.95. The summed E-state index contributed by atoms with van der Waals surface area (Å²) in [6.45, 7) is 3.92. The molecule has 0 amide bonds. The molecule has 1 fully saturated rings. The molecule has 0 radical (unpaired) electrons. The fraction of sp³-hybridized carbons (Fsp3) is 0.583. The van der Waals surface area contributed by atoms with Gasteiger partial charge in [-0.3, -0.25) is 4.79 Å². The molecule has 0 aliphatic heterocycles. The zero-order valence-electron chi connectivity index (χ0n) is 9.69. The van der Waals surface area contributed by atoms with Crippen molar-refractivity contribution in [2.75, 3.05) is 0 Å². The van der Waals surface area contributed by atoms with Crippen LogP contribution in [0.4, 0.5) is 0 Å². The first kappa shape index (κ1) is 11.6. The summed E-state index contributed by atoms with van der Waals surface area (Å²) in [4.78, 5) is 20.4. The third-order valence-electron chi connectivity index (χ3n) is 2.71. The number of carbonyl (C=O) groups is 1. The van der Waals surface area contributed by atoms with Crippen LogP contribution in [0.3, 0.4) is 0 Å². The monoisotopic (exact) mass is 236 g/mol. The highest BCUT2D eigenvalue weighted by Gasteiger charge is 2.24. The van der Waals surface area contributed by atoms with E-state index in [1.54, 1.807) is 0 Å². The largest absolute Gasteiger partial charge is 0.298 e. The molecule has 4 heteroatoms. The van der Waals surface area contributed by atoms with Gasteiger partial charge in [0.25, 0.3) is 0 Å². The highest BCUT2D eigenvalue weighted by Crippen LogP contribution is 2.29. The summed E-state index contributed by atoms with van der Waals surface area (Å²) >= 11 is 1.53. The summed E-state index contributed by atoms with van der Waals surface area (Å²) in [6.07, 6.45) is 3.89. The van der Waals surface area contributed by atoms with Crippen molar-refractivity contribution in [1.82, 2.24) is 9.97 Å². The Morgan fingerprint density at radius 1 is 1.25 bits per heavy atom. The second-order valence-corrected chi connectivity index (χ2v) is 5.42. The molecular formula is C12H16N2OS. The Labute approximate surface area is 100 Å². The molecule has 0 saturated heterocycles. The van der Waals surface area contributed by atoms with E-state index in [9.17, 15) is 4.79 Å². The van der Waals surface area contributed by atoms with Crippen molar-refractivity contribution in [2.24, 2.45) is 0 Å². The average Bonchev–Trinajstić information content (AvgIpc) is 2.20. The minimum atomic E-state index is 0.0787. The van der Waals surface area contributed by atoms with E-state index in [0.717, 1.165) is 42.2 Å². The number of hydrogen-bond acceptors (Lipinski definition) is 4. The quantitative estimate of drug-likeness (QED) is 0.740. The normalized spacial score (nSPS) is 21.1. The van der Waals surface area contributed by atoms with E-state index in [-0.39, 0.29) is 5.25 Å². The van der Waals surface area contributed by atoms with Gasteiger partial charge < -0.3 is 0 Å². The minimum absolute atomic E-state index is 0.0787. The van der Waals surface area contributed by atoms with Crippen LogP contribution in [0, 0.1) is 13.8 Å². The topological polar surface area (TPSA) is 42.9 Å². The molecule has 1 saturated carbocycles. The molecule has 3 nitrogen and oxygen atoms in total. The molecule has 0 N–H and O–H groups in total. The lowest BCUT2D eigenvalue weighted by atomic mass is 9.99. The molecule has 16 heavy (non-hydrogen) atoms. The zero-order chi connectivity index (χ0) is 11.5. The predicted molar refractivity (Wildman–Crippen MR) is 64.6 cm³/mol. The summed E-state index contributed by atoms with van der Waals surface area (Å²) in [7, 11) is 0. The lowest BCUT2D eigenvalue weighted by molar-refractivity contribution is -0.119. The Bertz CT molecular complexity index is 386. The molecule has 1 heterocycles. The van der Waals surface area contributed by atoms with Gasteiger partial charge in [-0.25, -0.2) is 9.97 Å². The Morgan fingerprint density at radius 3 is 2.56 bits per heavy atom. The van der Waals surface area contributed by atoms with Crippen LogP contribution in [-0.4, -0.2) is 21.0 Å². The number of ketones is 1. The second kappa shape index (κ2) is 4.95. The van der Waals surface area contributed by atoms with E-state index in [0.29, 0.717) is 5.78 Å². The van der Waals surface area contributed by atoms with Gasteiger partial charge in [0.15, 0.2) is 5.16 Å². The molecule has 86 valence electrons. The molecule has 0 spiro atoms. The summed E-state index contributed by atoms with van der Waals surface area (Å²) in [5.74, 6) is 0.360. The maximum absolute atomic E-state index is 11.7. The molecule has 1 aliphatic rings. The fourth-order valence-electron chi connectivity index (χ4n) is 1.95. The highest BCUT2D eigenvalue weighted by atomic mass is 32.2. The Balaban J connectivity index is 2.10. The van der Waals surface area contributed by atoms with Crippen LogP contribution < -0.4 is 0 Å². The van der Waals surface area contributed by atoms with Crippen molar-refractivity contribution in [3.05, 3.63) is 17.5 Å². The second-order valence-electron chi connectivity index (χ2n) is 4.25. The number of hydrogen-bond donors (Lipinski definition) is 0. The first-order valence-electron chi connectivity index (χ1n) is 5.67. The summed E-state index contributed by atoms with van der Waals surface area (Å²) in [5, 5.41) is 0.827. The van der Waals surface area contributed by atoms with Crippen LogP contribution in [-0.2, 0) is 4.79 Å². The smallest absolute Gasteiger partial charge is 0.188 e. The summed E-state index contributed by atoms with van der Waals surface area (Å²) in [5.41, 5.74) is 1.94. The maximum Gasteiger partial charge on any atom is 0.188 e. The third-order valence-corrected chi connectivity index (χ3v) is 3.88. The molecule has 0 unspecified atom stereocenters. The van der Waals surface area contributed by atoms with E-state index in [1.807, 2.05) is 19.9 Å². The molecule has 1 aromatic rings. The third kappa shape index (κ3) is 2.82. The van der Waals surface area contributed by atoms with E-state index < -0.39 is 0 Å². The molecule has 1 aromatic heterocycles. The molecule has 0 aromatic carbocycles. The van der Waals surface area contributed by atoms with Crippen LogP contribution >= 0.6 is 11.8 Å². The van der Waals surface area contributed by atoms with Crippen LogP contribution in [0.15, 0.2) is 11.2 Å². The fourth-order valence-corrected chi connectivity index (χ4v) is 3.13. The van der Waals surface area contributed by atoms with Crippen molar-refractivity contribution < 1.29 is 4.79 Å². The molecule has 1 atom stereocenters. The van der Waals surface area contributed by atoms with Gasteiger partial charge in [-0.15, -0.1) is 0 Å². The van der Waals surface area contributed by atoms with Crippen molar-refractivity contribution in [2.45, 2.75) is 49.9 Å². The van der Waals surface area contributed by atoms with E-state index in [2.05, 4.69) is 9.97 Å². The van der Waals surface area contributed by atoms with Crippen molar-refractivity contribution >= 4 is 17.5 Å². The van der Waals surface area contributed by atoms with Gasteiger partial charge in [-0.1, -0.05) is 18.2 Å². The number of carbonyl (C=O) groups excluding carboxylic acids is 1. The molecule has 0 bridgehead atoms. The van der Waals surface area contributed by atoms with Crippen LogP contribution in [0.5, 0.6) is 0 Å². The van der Waals surface area contributed by atoms with E-state index in [4.69, 9.17) is 0 Å². The number of thioether (sulfide) groups is 1. The Kier molecular flexibility index (Phi) is 3.59. The number of Topliss-reactive ketones (excluding diaryl/α,β-unsaturated/α-hetero) is 1. The van der Waals surface area contributed by atoms with Gasteiger partial charge in [-0.05, 0) is 32.8 Å². The molecule has 1 aliphatic carbocycles. The molecule has 2 rings (SSSR count). The van der Waals surface area contributed by atoms with Gasteiger partial charge in [-0.2, -0.15) is 0 Å². The average molecular weight is 236 g/mol. The first-order chi connectivity index (χ1) is 7.65. The standard InChI is InChI=1S/C12H16N2OS/c1-8-7-9(2)14-12(13-8)16-11-6-4-3-5-10(11)15/h7,11H,3-6H2,1-2H3/t11-/m0/s1. The van der Waals surface area contributed by atoms with Gasteiger partial charge in [0.05, 0.1) is 5.25 Å². The van der Waals surface area contributed by atoms with Crippen LogP contribution in [0.1, 0.15) is 37.1 Å². The maximum atomic E-state index is 11.7. The van der Waals surface area contributed by atoms with Gasteiger partial charge in [0.1, 0.15) is 5.78 Å². The molecular weight excluding hydrogens is 220 g/mol. The first-order valence-corrected chi connectivity index (χ1v) is 6.55. The van der Waals surface area contributed by atoms with Gasteiger partial charge >= 0.3 is 0 Å². The number of nitrogens with zero attached hydrogens (tertiary/aromatic N) is 2. The highest BCUT2D eigenvalue weighted by molar-refractivity contribution is 8.00. The van der Waals surface area contributed by atoms with Crippen molar-refractivity contribution in [3.8, 4) is 0 Å². The number of rotatable bonds is 2. The van der Waals surface area contributed by atoms with Gasteiger partial charge in [0, 0.05) is 17.8 Å². The van der Waals surface area contributed by atoms with E-state index in [1.165, 1.54) is 11.8 Å². The number of aryl methyl sites for hydroxylation is 2. The lowest BCUT2D eigenvalue weighted by Gasteiger charge is -2.18. The zero-order valence-corrected chi connectivity index (χ0v) is 10.5. The lowest BCUT2D eigenvalue weighted by Crippen LogP contribution is -2.21. The number of aromatic nitrogens is 2. The van der Waals surface area contributed by atoms with Gasteiger partial charge in [0.2, 0.25) is 0 Å². The Hall–Kier alpha value is -0.900. The minimum Gasteiger partial charge on any atom is -0.298 e. The van der Waals surface area contributed by atoms with Crippen molar-refractivity contribution in [3.63, 3.8) is 0 Å². The predicted octanol–water partition coefficient (Wildman–Crippen LogP) is 2.70. The van der Waals surface area contributed by atoms with Crippen LogP contribution in [0.25, 0.3) is 0 Å². The van der Waals surface area contributed by atoms with Crippen molar-refractivity contribution in [1.29, 1.82) is 0 Å². The van der Waals surface area contributed by atoms with E-state index >= 15 is 0 Å². The Morgan fingerprint density at radius 2 is 1.94 bits per heavy atom. The SMILES string of the molecule is Cc1cc(C)nc(S[C@H]2CCCCC2=O)n1. The van der Waals surface area contributed by atoms with Crippen LogP contribution in [0.2, 0.25) is 0 Å². The summed E-state index contributed by atoms with van der Waals surface area (Å²) < 4.78 is 0.